The number of halogens is 3. The molecule has 0 amide bonds. The van der Waals surface area contributed by atoms with Crippen LogP contribution in [0.1, 0.15) is 24.8 Å². The third-order valence-corrected chi connectivity index (χ3v) is 6.89. The molecule has 1 saturated heterocycles. The fourth-order valence-corrected chi connectivity index (χ4v) is 4.95. The molecule has 2 aliphatic carbocycles. The summed E-state index contributed by atoms with van der Waals surface area (Å²) in [6, 6.07) is 0.718. The fraction of sp³-hybridized carbons (Fsp3) is 0.450. The topological polar surface area (TPSA) is 69.8 Å². The first kappa shape index (κ1) is 17.9. The normalized spacial score (nSPS) is 29.8. The molecule has 28 heavy (non-hydrogen) atoms. The van der Waals surface area contributed by atoms with Gasteiger partial charge in [-0.25, -0.2) is 13.6 Å². The molecule has 0 bridgehead atoms. The molecule has 8 heteroatoms. The lowest BCUT2D eigenvalue weighted by atomic mass is 9.93. The number of carboxylic acid groups (broad SMARTS) is 1. The summed E-state index contributed by atoms with van der Waals surface area (Å²) >= 11 is 6.68. The van der Waals surface area contributed by atoms with E-state index in [-0.39, 0.29) is 45.3 Å². The largest absolute Gasteiger partial charge is 0.478 e. The molecule has 0 radical (unpaired) electrons. The van der Waals surface area contributed by atoms with Gasteiger partial charge in [-0.2, -0.15) is 0 Å². The maximum Gasteiger partial charge on any atom is 0.337 e. The summed E-state index contributed by atoms with van der Waals surface area (Å²) in [7, 11) is 0. The molecule has 3 atom stereocenters. The smallest absolute Gasteiger partial charge is 0.337 e. The second kappa shape index (κ2) is 5.70. The van der Waals surface area contributed by atoms with Crippen molar-refractivity contribution in [1.82, 2.24) is 0 Å². The zero-order valence-electron chi connectivity index (χ0n) is 15.1. The van der Waals surface area contributed by atoms with Gasteiger partial charge in [-0.05, 0) is 24.5 Å². The van der Waals surface area contributed by atoms with Crippen molar-refractivity contribution in [1.29, 1.82) is 0 Å². The van der Waals surface area contributed by atoms with Crippen LogP contribution in [-0.2, 0) is 4.79 Å². The molecule has 2 aliphatic heterocycles. The van der Waals surface area contributed by atoms with Crippen molar-refractivity contribution in [2.24, 2.45) is 11.1 Å². The van der Waals surface area contributed by atoms with Crippen LogP contribution in [0.25, 0.3) is 5.57 Å². The van der Waals surface area contributed by atoms with Crippen LogP contribution in [0.3, 0.4) is 0 Å². The molecule has 3 fully saturated rings. The molecule has 1 aromatic carbocycles. The Labute approximate surface area is 166 Å². The number of aliphatic carboxylic acids is 1. The van der Waals surface area contributed by atoms with Crippen LogP contribution in [0.2, 0.25) is 5.02 Å². The first-order chi connectivity index (χ1) is 13.2. The number of carboxylic acids is 1. The lowest BCUT2D eigenvalue weighted by Gasteiger charge is -2.33. The van der Waals surface area contributed by atoms with E-state index in [0.29, 0.717) is 18.8 Å². The number of hydrogen-bond donors (Lipinski definition) is 2. The van der Waals surface area contributed by atoms with Gasteiger partial charge in [0.2, 0.25) is 0 Å². The van der Waals surface area contributed by atoms with Crippen LogP contribution in [0.15, 0.2) is 24.4 Å². The van der Waals surface area contributed by atoms with Gasteiger partial charge < -0.3 is 20.6 Å². The Morgan fingerprint density at radius 3 is 2.61 bits per heavy atom. The lowest BCUT2D eigenvalue weighted by molar-refractivity contribution is -0.132. The molecule has 1 aromatic rings. The zero-order chi connectivity index (χ0) is 20.0. The van der Waals surface area contributed by atoms with Gasteiger partial charge >= 0.3 is 5.97 Å². The van der Waals surface area contributed by atoms with Gasteiger partial charge in [0.25, 0.3) is 0 Å². The van der Waals surface area contributed by atoms with E-state index in [1.807, 2.05) is 4.90 Å². The Morgan fingerprint density at radius 2 is 2.07 bits per heavy atom. The minimum atomic E-state index is -1.20. The van der Waals surface area contributed by atoms with E-state index in [4.69, 9.17) is 17.3 Å². The first-order valence-electron chi connectivity index (χ1n) is 9.33. The summed E-state index contributed by atoms with van der Waals surface area (Å²) < 4.78 is 29.0. The standard InChI is InChI=1S/C20H20ClF2N3O2/c1-9-10-4-13(23)18(25-7-15(24)20(8-25)2-3-20)16(21)17(10)26(14-5-12(14)22)6-11(9)19(27)28/h4,6,12,14-15H,1-3,5,7-8,24H2,(H,27,28). The molecule has 4 aliphatic rings. The third kappa shape index (κ3) is 2.42. The van der Waals surface area contributed by atoms with Crippen LogP contribution in [0.5, 0.6) is 0 Å². The molecule has 5 rings (SSSR count). The highest BCUT2D eigenvalue weighted by Crippen LogP contribution is 2.55. The molecule has 2 saturated carbocycles. The number of hydrogen-bond acceptors (Lipinski definition) is 4. The summed E-state index contributed by atoms with van der Waals surface area (Å²) in [5, 5.41) is 9.63. The molecule has 5 nitrogen and oxygen atoms in total. The minimum absolute atomic E-state index is 0.0336. The van der Waals surface area contributed by atoms with Crippen molar-refractivity contribution in [3.8, 4) is 0 Å². The number of nitrogens with zero attached hydrogens (tertiary/aromatic N) is 2. The summed E-state index contributed by atoms with van der Waals surface area (Å²) in [5.41, 5.74) is 7.33. The van der Waals surface area contributed by atoms with Gasteiger partial charge in [-0.3, -0.25) is 0 Å². The van der Waals surface area contributed by atoms with Gasteiger partial charge in [0.1, 0.15) is 12.0 Å². The third-order valence-electron chi connectivity index (χ3n) is 6.53. The lowest BCUT2D eigenvalue weighted by Crippen LogP contribution is -2.31. The minimum Gasteiger partial charge on any atom is -0.478 e. The van der Waals surface area contributed by atoms with Crippen molar-refractivity contribution in [2.75, 3.05) is 22.9 Å². The Balaban J connectivity index is 1.64. The Hall–Kier alpha value is -2.12. The monoisotopic (exact) mass is 407 g/mol. The van der Waals surface area contributed by atoms with E-state index < -0.39 is 24.0 Å². The summed E-state index contributed by atoms with van der Waals surface area (Å²) in [6.45, 7) is 4.95. The molecular weight excluding hydrogens is 388 g/mol. The van der Waals surface area contributed by atoms with Crippen LogP contribution < -0.4 is 15.5 Å². The number of benzene rings is 1. The van der Waals surface area contributed by atoms with E-state index in [2.05, 4.69) is 6.58 Å². The molecular formula is C20H20ClF2N3O2. The van der Waals surface area contributed by atoms with Crippen LogP contribution in [0.4, 0.5) is 20.2 Å². The predicted octanol–water partition coefficient (Wildman–Crippen LogP) is 3.32. The van der Waals surface area contributed by atoms with Crippen LogP contribution in [-0.4, -0.2) is 42.4 Å². The van der Waals surface area contributed by atoms with Gasteiger partial charge in [-0.1, -0.05) is 18.2 Å². The molecule has 3 unspecified atom stereocenters. The number of fused-ring (bicyclic) bond motifs is 1. The van der Waals surface area contributed by atoms with E-state index in [1.54, 1.807) is 0 Å². The molecule has 148 valence electrons. The average molecular weight is 408 g/mol. The molecule has 0 aromatic heterocycles. The molecule has 2 heterocycles. The van der Waals surface area contributed by atoms with E-state index >= 15 is 4.39 Å². The summed E-state index contributed by atoms with van der Waals surface area (Å²) in [6.07, 6.45) is 2.60. The molecule has 3 N–H and O–H groups in total. The van der Waals surface area contributed by atoms with Crippen LogP contribution >= 0.6 is 11.6 Å². The SMILES string of the molecule is C=C1C(C(=O)O)=CN(C2CC2F)c2c1cc(F)c(N1CC(N)C3(CC3)C1)c2Cl. The highest BCUT2D eigenvalue weighted by molar-refractivity contribution is 6.37. The highest BCUT2D eigenvalue weighted by atomic mass is 35.5. The number of alkyl halides is 1. The average Bonchev–Trinajstić information content (AvgIpc) is 3.51. The fourth-order valence-electron chi connectivity index (χ4n) is 4.54. The van der Waals surface area contributed by atoms with Crippen molar-refractivity contribution < 1.29 is 18.7 Å². The second-order valence-electron chi connectivity index (χ2n) is 8.32. The van der Waals surface area contributed by atoms with Gasteiger partial charge in [0.15, 0.2) is 0 Å². The van der Waals surface area contributed by atoms with E-state index in [1.165, 1.54) is 17.2 Å². The predicted molar refractivity (Wildman–Crippen MR) is 104 cm³/mol. The first-order valence-corrected chi connectivity index (χ1v) is 9.71. The number of anilines is 2. The van der Waals surface area contributed by atoms with Crippen molar-refractivity contribution in [3.05, 3.63) is 40.8 Å². The molecule has 1 spiro atoms. The maximum absolute atomic E-state index is 15.1. The highest BCUT2D eigenvalue weighted by Gasteiger charge is 2.54. The Bertz CT molecular complexity index is 959. The number of rotatable bonds is 3. The maximum atomic E-state index is 15.1. The van der Waals surface area contributed by atoms with E-state index in [9.17, 15) is 14.3 Å². The summed E-state index contributed by atoms with van der Waals surface area (Å²) in [4.78, 5) is 15.0. The second-order valence-corrected chi connectivity index (χ2v) is 8.70. The van der Waals surface area contributed by atoms with Crippen molar-refractivity contribution in [3.63, 3.8) is 0 Å². The zero-order valence-corrected chi connectivity index (χ0v) is 15.8. The summed E-state index contributed by atoms with van der Waals surface area (Å²) in [5.74, 6) is -1.74. The van der Waals surface area contributed by atoms with E-state index in [0.717, 1.165) is 12.8 Å². The van der Waals surface area contributed by atoms with Gasteiger partial charge in [0, 0.05) is 42.7 Å². The number of nitrogens with two attached hydrogens (primary N) is 1. The van der Waals surface area contributed by atoms with Crippen molar-refractivity contribution in [2.45, 2.75) is 37.5 Å². The van der Waals surface area contributed by atoms with Crippen molar-refractivity contribution >= 4 is 34.5 Å². The van der Waals surface area contributed by atoms with Gasteiger partial charge in [-0.15, -0.1) is 0 Å². The quantitative estimate of drug-likeness (QED) is 0.804. The Kier molecular flexibility index (Phi) is 3.65. The van der Waals surface area contributed by atoms with Crippen LogP contribution in [0, 0.1) is 11.2 Å². The Morgan fingerprint density at radius 1 is 1.39 bits per heavy atom. The number of carbonyl (C=O) groups is 1. The van der Waals surface area contributed by atoms with Gasteiger partial charge in [0.05, 0.1) is 28.0 Å².